The Kier molecular flexibility index (Phi) is 5.08. The molecule has 3 nitrogen and oxygen atoms in total. The summed E-state index contributed by atoms with van der Waals surface area (Å²) in [5.41, 5.74) is 2.46. The maximum Gasteiger partial charge on any atom is 0.150 e. The van der Waals surface area contributed by atoms with E-state index in [4.69, 9.17) is 0 Å². The van der Waals surface area contributed by atoms with Gasteiger partial charge in [-0.1, -0.05) is 31.9 Å². The van der Waals surface area contributed by atoms with Crippen molar-refractivity contribution >= 4 is 15.5 Å². The molecule has 0 aliphatic heterocycles. The molecule has 0 saturated heterocycles. The van der Waals surface area contributed by atoms with Crippen LogP contribution in [-0.2, 0) is 16.3 Å². The van der Waals surface area contributed by atoms with Gasteiger partial charge in [0.2, 0.25) is 0 Å². The number of anilines is 1. The van der Waals surface area contributed by atoms with Crippen LogP contribution < -0.4 is 5.32 Å². The molecule has 0 bridgehead atoms. The lowest BCUT2D eigenvalue weighted by molar-refractivity contribution is 0.453. The highest BCUT2D eigenvalue weighted by Crippen LogP contribution is 2.26. The van der Waals surface area contributed by atoms with Crippen LogP contribution in [-0.4, -0.2) is 26.0 Å². The lowest BCUT2D eigenvalue weighted by Crippen LogP contribution is -2.34. The molecular weight excluding hydrogens is 270 g/mol. The van der Waals surface area contributed by atoms with Crippen LogP contribution in [0.3, 0.4) is 0 Å². The highest BCUT2D eigenvalue weighted by Gasteiger charge is 2.28. The molecule has 1 saturated carbocycles. The number of hydrogen-bond donors (Lipinski definition) is 1. The summed E-state index contributed by atoms with van der Waals surface area (Å²) in [5, 5.41) is 3.31. The molecule has 1 aliphatic carbocycles. The molecule has 20 heavy (non-hydrogen) atoms. The molecule has 1 aromatic carbocycles. The Morgan fingerprint density at radius 3 is 2.50 bits per heavy atom. The van der Waals surface area contributed by atoms with E-state index < -0.39 is 9.84 Å². The van der Waals surface area contributed by atoms with Gasteiger partial charge in [0.25, 0.3) is 0 Å². The molecule has 0 radical (unpaired) electrons. The van der Waals surface area contributed by atoms with Gasteiger partial charge in [-0.25, -0.2) is 8.42 Å². The number of nitrogens with one attached hydrogen (secondary N) is 1. The van der Waals surface area contributed by atoms with E-state index >= 15 is 0 Å². The van der Waals surface area contributed by atoms with E-state index in [0.717, 1.165) is 44.2 Å². The summed E-state index contributed by atoms with van der Waals surface area (Å²) in [5.74, 6) is 0. The highest BCUT2D eigenvalue weighted by atomic mass is 32.2. The fourth-order valence-corrected chi connectivity index (χ4v) is 4.13. The van der Waals surface area contributed by atoms with Gasteiger partial charge in [-0.3, -0.25) is 0 Å². The Morgan fingerprint density at radius 2 is 1.90 bits per heavy atom. The molecular formula is C16H25NO2S. The van der Waals surface area contributed by atoms with Gasteiger partial charge in [0.15, 0.2) is 0 Å². The molecule has 1 aromatic rings. The van der Waals surface area contributed by atoms with Crippen LogP contribution in [0.2, 0.25) is 0 Å². The maximum atomic E-state index is 11.7. The molecule has 0 amide bonds. The zero-order valence-corrected chi connectivity index (χ0v) is 13.2. The Morgan fingerprint density at radius 1 is 1.20 bits per heavy atom. The third kappa shape index (κ3) is 4.23. The Labute approximate surface area is 122 Å². The summed E-state index contributed by atoms with van der Waals surface area (Å²) in [4.78, 5) is 0. The number of aryl methyl sites for hydroxylation is 1. The van der Waals surface area contributed by atoms with Crippen molar-refractivity contribution in [1.29, 1.82) is 0 Å². The summed E-state index contributed by atoms with van der Waals surface area (Å²) in [6.45, 7) is 2.18. The van der Waals surface area contributed by atoms with Gasteiger partial charge >= 0.3 is 0 Å². The summed E-state index contributed by atoms with van der Waals surface area (Å²) in [6, 6.07) is 8.80. The van der Waals surface area contributed by atoms with E-state index in [1.165, 1.54) is 11.8 Å². The van der Waals surface area contributed by atoms with Gasteiger partial charge in [-0.15, -0.1) is 0 Å². The first-order valence-electron chi connectivity index (χ1n) is 7.53. The monoisotopic (exact) mass is 295 g/mol. The highest BCUT2D eigenvalue weighted by molar-refractivity contribution is 7.91. The van der Waals surface area contributed by atoms with Crippen molar-refractivity contribution < 1.29 is 8.42 Å². The molecule has 2 rings (SSSR count). The van der Waals surface area contributed by atoms with Gasteiger partial charge in [0.1, 0.15) is 9.84 Å². The fraction of sp³-hybridized carbons (Fsp3) is 0.625. The van der Waals surface area contributed by atoms with E-state index in [2.05, 4.69) is 36.5 Å². The van der Waals surface area contributed by atoms with Crippen molar-refractivity contribution in [3.8, 4) is 0 Å². The Bertz CT molecular complexity index is 522. The molecule has 2 atom stereocenters. The van der Waals surface area contributed by atoms with Gasteiger partial charge in [-0.05, 0) is 43.4 Å². The minimum absolute atomic E-state index is 0.173. The quantitative estimate of drug-likeness (QED) is 0.905. The van der Waals surface area contributed by atoms with Crippen molar-refractivity contribution in [2.75, 3.05) is 11.6 Å². The number of hydrogen-bond acceptors (Lipinski definition) is 3. The van der Waals surface area contributed by atoms with Gasteiger partial charge in [-0.2, -0.15) is 0 Å². The number of benzene rings is 1. The van der Waals surface area contributed by atoms with E-state index in [9.17, 15) is 8.42 Å². The lowest BCUT2D eigenvalue weighted by atomic mass is 9.94. The molecule has 1 fully saturated rings. The molecule has 1 aliphatic rings. The average molecular weight is 295 g/mol. The van der Waals surface area contributed by atoms with Crippen molar-refractivity contribution in [2.24, 2.45) is 0 Å². The van der Waals surface area contributed by atoms with Gasteiger partial charge in [0, 0.05) is 18.0 Å². The van der Waals surface area contributed by atoms with Gasteiger partial charge in [0.05, 0.1) is 5.25 Å². The van der Waals surface area contributed by atoms with Crippen molar-refractivity contribution in [3.05, 3.63) is 29.8 Å². The molecule has 0 spiro atoms. The Hall–Kier alpha value is -1.03. The molecule has 4 heteroatoms. The SMILES string of the molecule is CCCc1ccc(NC2CCCC(S(C)(=O)=O)C2)cc1. The standard InChI is InChI=1S/C16H25NO2S/c1-3-5-13-8-10-14(11-9-13)17-15-6-4-7-16(12-15)20(2,18)19/h8-11,15-17H,3-7,12H2,1-2H3. The topological polar surface area (TPSA) is 46.2 Å². The summed E-state index contributed by atoms with van der Waals surface area (Å²) < 4.78 is 23.3. The lowest BCUT2D eigenvalue weighted by Gasteiger charge is -2.29. The Balaban J connectivity index is 1.95. The predicted molar refractivity (Wildman–Crippen MR) is 84.9 cm³/mol. The maximum absolute atomic E-state index is 11.7. The fourth-order valence-electron chi connectivity index (χ4n) is 2.96. The summed E-state index contributed by atoms with van der Waals surface area (Å²) >= 11 is 0. The molecule has 112 valence electrons. The zero-order chi connectivity index (χ0) is 14.6. The van der Waals surface area contributed by atoms with Crippen LogP contribution in [0.5, 0.6) is 0 Å². The number of sulfone groups is 1. The normalized spacial score (nSPS) is 23.5. The molecule has 2 unspecified atom stereocenters. The average Bonchev–Trinajstić information content (AvgIpc) is 2.41. The summed E-state index contributed by atoms with van der Waals surface area (Å²) in [6.07, 6.45) is 7.22. The second-order valence-corrected chi connectivity index (χ2v) is 8.23. The van der Waals surface area contributed by atoms with Crippen LogP contribution in [0.25, 0.3) is 0 Å². The minimum atomic E-state index is -2.91. The molecule has 1 N–H and O–H groups in total. The predicted octanol–water partition coefficient (Wildman–Crippen LogP) is 3.41. The number of rotatable bonds is 5. The first-order valence-corrected chi connectivity index (χ1v) is 9.49. The van der Waals surface area contributed by atoms with Crippen molar-refractivity contribution in [2.45, 2.75) is 56.7 Å². The van der Waals surface area contributed by atoms with Gasteiger partial charge < -0.3 is 5.32 Å². The van der Waals surface area contributed by atoms with Crippen molar-refractivity contribution in [3.63, 3.8) is 0 Å². The van der Waals surface area contributed by atoms with E-state index in [-0.39, 0.29) is 11.3 Å². The van der Waals surface area contributed by atoms with Crippen molar-refractivity contribution in [1.82, 2.24) is 0 Å². The third-order valence-corrected chi connectivity index (χ3v) is 5.73. The summed E-state index contributed by atoms with van der Waals surface area (Å²) in [7, 11) is -2.91. The smallest absolute Gasteiger partial charge is 0.150 e. The minimum Gasteiger partial charge on any atom is -0.382 e. The van der Waals surface area contributed by atoms with E-state index in [1.54, 1.807) is 0 Å². The molecule has 0 heterocycles. The van der Waals surface area contributed by atoms with E-state index in [0.29, 0.717) is 0 Å². The molecule has 0 aromatic heterocycles. The van der Waals surface area contributed by atoms with Crippen LogP contribution in [0.4, 0.5) is 5.69 Å². The largest absolute Gasteiger partial charge is 0.382 e. The van der Waals surface area contributed by atoms with Crippen LogP contribution in [0.1, 0.15) is 44.6 Å². The third-order valence-electron chi connectivity index (χ3n) is 4.09. The first kappa shape index (κ1) is 15.4. The zero-order valence-electron chi connectivity index (χ0n) is 12.4. The van der Waals surface area contributed by atoms with Crippen LogP contribution >= 0.6 is 0 Å². The van der Waals surface area contributed by atoms with E-state index in [1.807, 2.05) is 0 Å². The second-order valence-electron chi connectivity index (χ2n) is 5.91. The van der Waals surface area contributed by atoms with Crippen LogP contribution in [0.15, 0.2) is 24.3 Å². The van der Waals surface area contributed by atoms with Crippen LogP contribution in [0, 0.1) is 0 Å². The second kappa shape index (κ2) is 6.61. The first-order chi connectivity index (χ1) is 9.49.